The summed E-state index contributed by atoms with van der Waals surface area (Å²) in [5.74, 6) is 0.00364. The maximum atomic E-state index is 12.3. The summed E-state index contributed by atoms with van der Waals surface area (Å²) in [6.07, 6.45) is 0.561. The molecule has 1 heterocycles. The van der Waals surface area contributed by atoms with Crippen molar-refractivity contribution < 1.29 is 21.9 Å². The molecule has 0 bridgehead atoms. The molecule has 1 aromatic carbocycles. The van der Waals surface area contributed by atoms with E-state index in [1.807, 2.05) is 0 Å². The summed E-state index contributed by atoms with van der Waals surface area (Å²) in [6, 6.07) is 5.82. The number of rotatable bonds is 4. The van der Waals surface area contributed by atoms with E-state index in [0.29, 0.717) is 5.56 Å². The zero-order chi connectivity index (χ0) is 14.8. The average molecular weight is 319 g/mol. The minimum Gasteiger partial charge on any atom is -0.392 e. The first-order valence-corrected chi connectivity index (χ1v) is 9.56. The van der Waals surface area contributed by atoms with Gasteiger partial charge >= 0.3 is 0 Å². The van der Waals surface area contributed by atoms with Crippen molar-refractivity contribution in [3.63, 3.8) is 0 Å². The van der Waals surface area contributed by atoms with Crippen LogP contribution < -0.4 is 4.72 Å². The molecule has 6 nitrogen and oxygen atoms in total. The number of sulfone groups is 1. The Bertz CT molecular complexity index is 668. The molecule has 0 atom stereocenters. The molecule has 112 valence electrons. The Balaban J connectivity index is 2.16. The maximum absolute atomic E-state index is 12.3. The summed E-state index contributed by atoms with van der Waals surface area (Å²) in [7, 11) is -6.77. The van der Waals surface area contributed by atoms with Crippen molar-refractivity contribution in [3.05, 3.63) is 29.8 Å². The number of nitrogens with one attached hydrogen (secondary N) is 1. The Hall–Kier alpha value is -0.960. The van der Waals surface area contributed by atoms with E-state index in [9.17, 15) is 21.9 Å². The van der Waals surface area contributed by atoms with E-state index in [4.69, 9.17) is 0 Å². The van der Waals surface area contributed by atoms with Crippen LogP contribution >= 0.6 is 0 Å². The molecule has 1 fully saturated rings. The van der Waals surface area contributed by atoms with Crippen molar-refractivity contribution >= 4 is 19.9 Å². The Morgan fingerprint density at radius 3 is 2.40 bits per heavy atom. The SMILES string of the molecule is O=S1(=O)CCC(NS(=O)(=O)c2ccccc2CO)CC1. The van der Waals surface area contributed by atoms with Gasteiger partial charge in [-0.05, 0) is 24.5 Å². The molecule has 0 aromatic heterocycles. The molecule has 0 spiro atoms. The second-order valence-electron chi connectivity index (χ2n) is 4.81. The number of hydrogen-bond donors (Lipinski definition) is 2. The fourth-order valence-electron chi connectivity index (χ4n) is 2.19. The lowest BCUT2D eigenvalue weighted by Crippen LogP contribution is -2.41. The van der Waals surface area contributed by atoms with Crippen molar-refractivity contribution in [2.75, 3.05) is 11.5 Å². The molecule has 1 aliphatic rings. The first-order chi connectivity index (χ1) is 9.34. The van der Waals surface area contributed by atoms with Crippen molar-refractivity contribution in [1.29, 1.82) is 0 Å². The summed E-state index contributed by atoms with van der Waals surface area (Å²) in [5.41, 5.74) is 0.323. The minimum absolute atomic E-state index is 0.00182. The lowest BCUT2D eigenvalue weighted by molar-refractivity contribution is 0.278. The molecular formula is C12H17NO5S2. The third kappa shape index (κ3) is 3.57. The third-order valence-electron chi connectivity index (χ3n) is 3.31. The van der Waals surface area contributed by atoms with Crippen LogP contribution in [0.15, 0.2) is 29.2 Å². The highest BCUT2D eigenvalue weighted by molar-refractivity contribution is 7.91. The highest BCUT2D eigenvalue weighted by Crippen LogP contribution is 2.19. The first-order valence-electron chi connectivity index (χ1n) is 6.25. The highest BCUT2D eigenvalue weighted by atomic mass is 32.2. The molecule has 1 aromatic rings. The number of aliphatic hydroxyl groups excluding tert-OH is 1. The van der Waals surface area contributed by atoms with Crippen molar-refractivity contribution in [2.45, 2.75) is 30.4 Å². The number of sulfonamides is 1. The normalized spacial score (nSPS) is 19.9. The van der Waals surface area contributed by atoms with Crippen LogP contribution in [0.5, 0.6) is 0 Å². The Morgan fingerprint density at radius 2 is 1.80 bits per heavy atom. The van der Waals surface area contributed by atoms with E-state index in [1.54, 1.807) is 18.2 Å². The molecule has 0 unspecified atom stereocenters. The lowest BCUT2D eigenvalue weighted by atomic mass is 10.2. The number of hydrogen-bond acceptors (Lipinski definition) is 5. The fourth-order valence-corrected chi connectivity index (χ4v) is 5.22. The van der Waals surface area contributed by atoms with Gasteiger partial charge < -0.3 is 5.11 Å². The molecule has 0 amide bonds. The largest absolute Gasteiger partial charge is 0.392 e. The van der Waals surface area contributed by atoms with Gasteiger partial charge in [0.25, 0.3) is 0 Å². The molecule has 20 heavy (non-hydrogen) atoms. The van der Waals surface area contributed by atoms with Crippen molar-refractivity contribution in [3.8, 4) is 0 Å². The van der Waals surface area contributed by atoms with Crippen LogP contribution in [0, 0.1) is 0 Å². The average Bonchev–Trinajstić information content (AvgIpc) is 2.41. The zero-order valence-electron chi connectivity index (χ0n) is 10.8. The first kappa shape index (κ1) is 15.4. The van der Waals surface area contributed by atoms with Gasteiger partial charge in [-0.3, -0.25) is 0 Å². The molecule has 8 heteroatoms. The van der Waals surface area contributed by atoms with Gasteiger partial charge in [0.15, 0.2) is 0 Å². The van der Waals surface area contributed by atoms with Crippen LogP contribution in [0.1, 0.15) is 18.4 Å². The van der Waals surface area contributed by atoms with E-state index >= 15 is 0 Å². The van der Waals surface area contributed by atoms with Crippen LogP contribution in [0.3, 0.4) is 0 Å². The van der Waals surface area contributed by atoms with E-state index < -0.39 is 19.9 Å². The third-order valence-corrected chi connectivity index (χ3v) is 6.65. The predicted octanol–water partition coefficient (Wildman–Crippen LogP) is 0.0344. The van der Waals surface area contributed by atoms with Gasteiger partial charge in [-0.25, -0.2) is 21.6 Å². The molecule has 0 saturated carbocycles. The molecule has 0 radical (unpaired) electrons. The maximum Gasteiger partial charge on any atom is 0.241 e. The lowest BCUT2D eigenvalue weighted by Gasteiger charge is -2.23. The Kier molecular flexibility index (Phi) is 4.48. The van der Waals surface area contributed by atoms with Gasteiger partial charge in [0.2, 0.25) is 10.0 Å². The minimum atomic E-state index is -3.74. The zero-order valence-corrected chi connectivity index (χ0v) is 12.5. The number of benzene rings is 1. The quantitative estimate of drug-likeness (QED) is 0.816. The standard InChI is InChI=1S/C12H17NO5S2/c14-9-10-3-1-2-4-12(10)20(17,18)13-11-5-7-19(15,16)8-6-11/h1-4,11,13-14H,5-9H2. The van der Waals surface area contributed by atoms with Crippen LogP contribution in [0.2, 0.25) is 0 Å². The topological polar surface area (TPSA) is 101 Å². The molecular weight excluding hydrogens is 302 g/mol. The second kappa shape index (κ2) is 5.80. The summed E-state index contributed by atoms with van der Waals surface area (Å²) < 4.78 is 49.7. The van der Waals surface area contributed by atoms with Crippen molar-refractivity contribution in [1.82, 2.24) is 4.72 Å². The van der Waals surface area contributed by atoms with E-state index in [1.165, 1.54) is 6.07 Å². The van der Waals surface area contributed by atoms with Crippen LogP contribution in [-0.2, 0) is 26.5 Å². The van der Waals surface area contributed by atoms with Crippen LogP contribution in [0.4, 0.5) is 0 Å². The fraction of sp³-hybridized carbons (Fsp3) is 0.500. The highest BCUT2D eigenvalue weighted by Gasteiger charge is 2.28. The van der Waals surface area contributed by atoms with Crippen LogP contribution in [-0.4, -0.2) is 39.5 Å². The van der Waals surface area contributed by atoms with E-state index in [2.05, 4.69) is 4.72 Å². The summed E-state index contributed by atoms with van der Waals surface area (Å²) >= 11 is 0. The molecule has 2 N–H and O–H groups in total. The van der Waals surface area contributed by atoms with E-state index in [0.717, 1.165) is 0 Å². The Labute approximate surface area is 118 Å². The van der Waals surface area contributed by atoms with Crippen molar-refractivity contribution in [2.24, 2.45) is 0 Å². The van der Waals surface area contributed by atoms with Gasteiger partial charge in [0.1, 0.15) is 9.84 Å². The van der Waals surface area contributed by atoms with Crippen LogP contribution in [0.25, 0.3) is 0 Å². The van der Waals surface area contributed by atoms with Gasteiger partial charge in [-0.2, -0.15) is 0 Å². The molecule has 1 saturated heterocycles. The van der Waals surface area contributed by atoms with Gasteiger partial charge in [-0.15, -0.1) is 0 Å². The summed E-state index contributed by atoms with van der Waals surface area (Å²) in [6.45, 7) is -0.365. The smallest absolute Gasteiger partial charge is 0.241 e. The van der Waals surface area contributed by atoms with E-state index in [-0.39, 0.29) is 41.9 Å². The molecule has 2 rings (SSSR count). The van der Waals surface area contributed by atoms with Gasteiger partial charge in [-0.1, -0.05) is 18.2 Å². The molecule has 0 aliphatic carbocycles. The second-order valence-corrected chi connectivity index (χ2v) is 8.80. The number of aliphatic hydroxyl groups is 1. The monoisotopic (exact) mass is 319 g/mol. The summed E-state index contributed by atoms with van der Waals surface area (Å²) in [4.78, 5) is 0.0379. The molecule has 1 aliphatic heterocycles. The summed E-state index contributed by atoms with van der Waals surface area (Å²) in [5, 5.41) is 9.18. The Morgan fingerprint density at radius 1 is 1.20 bits per heavy atom. The van der Waals surface area contributed by atoms with Gasteiger partial charge in [0.05, 0.1) is 23.0 Å². The predicted molar refractivity (Wildman–Crippen MR) is 74.4 cm³/mol. The van der Waals surface area contributed by atoms with Gasteiger partial charge in [0, 0.05) is 6.04 Å².